The Hall–Kier alpha value is -2.19. The molecule has 0 bridgehead atoms. The number of rotatable bonds is 6. The Bertz CT molecular complexity index is 902. The molecule has 1 fully saturated rings. The second-order valence-electron chi connectivity index (χ2n) is 7.38. The molecule has 158 valence electrons. The number of imidazole rings is 1. The quantitative estimate of drug-likeness (QED) is 0.683. The van der Waals surface area contributed by atoms with Crippen molar-refractivity contribution >= 4 is 24.4 Å². The maximum atomic E-state index is 12.9. The van der Waals surface area contributed by atoms with Crippen molar-refractivity contribution in [1.29, 1.82) is 0 Å². The van der Waals surface area contributed by atoms with Gasteiger partial charge in [0.15, 0.2) is 5.69 Å². The van der Waals surface area contributed by atoms with Gasteiger partial charge in [-0.2, -0.15) is 13.2 Å². The van der Waals surface area contributed by atoms with E-state index < -0.39 is 31.2 Å². The number of carbonyl (C=O) groups is 1. The minimum Gasteiger partial charge on any atom is -0.341 e. The molecule has 1 amide bonds. The van der Waals surface area contributed by atoms with E-state index in [1.165, 1.54) is 29.6 Å². The standard InChI is InChI=1S/C18H22F3N4O3P/c1-29(27,28)13-6-7-16(22-9-13)24-17(26)14(8-12-4-2-3-5-12)25-10-15(23-11-25)18(19,20)21/h6-7,9-12,14H,2-5,8H2,1H3,(H,27,28)(H,22,24,26)/t14-/m0/s1. The molecule has 0 spiro atoms. The van der Waals surface area contributed by atoms with Crippen molar-refractivity contribution in [2.75, 3.05) is 12.0 Å². The van der Waals surface area contributed by atoms with Gasteiger partial charge in [0.1, 0.15) is 11.9 Å². The molecular formula is C18H22F3N4O3P. The maximum absolute atomic E-state index is 12.9. The Balaban J connectivity index is 1.80. The number of pyridine rings is 1. The lowest BCUT2D eigenvalue weighted by atomic mass is 9.97. The van der Waals surface area contributed by atoms with E-state index in [0.29, 0.717) is 6.42 Å². The topological polar surface area (TPSA) is 97.1 Å². The Morgan fingerprint density at radius 3 is 2.55 bits per heavy atom. The Morgan fingerprint density at radius 2 is 2.03 bits per heavy atom. The first-order valence-electron chi connectivity index (χ1n) is 9.22. The van der Waals surface area contributed by atoms with Gasteiger partial charge in [-0.25, -0.2) is 9.97 Å². The van der Waals surface area contributed by atoms with Gasteiger partial charge in [0.05, 0.1) is 11.6 Å². The molecule has 1 unspecified atom stereocenters. The summed E-state index contributed by atoms with van der Waals surface area (Å²) in [6.45, 7) is 1.18. The van der Waals surface area contributed by atoms with Crippen LogP contribution in [0.15, 0.2) is 30.9 Å². The van der Waals surface area contributed by atoms with Gasteiger partial charge in [0.25, 0.3) is 0 Å². The molecule has 1 saturated carbocycles. The third-order valence-electron chi connectivity index (χ3n) is 5.06. The SMILES string of the molecule is CP(=O)(O)c1ccc(NC(=O)[C@H](CC2CCCC2)n2cnc(C(F)(F)F)c2)nc1. The molecule has 0 radical (unpaired) electrons. The van der Waals surface area contributed by atoms with Crippen LogP contribution < -0.4 is 10.6 Å². The second kappa shape index (κ2) is 8.28. The molecule has 11 heteroatoms. The highest BCUT2D eigenvalue weighted by Crippen LogP contribution is 2.35. The van der Waals surface area contributed by atoms with Crippen molar-refractivity contribution in [1.82, 2.24) is 14.5 Å². The molecule has 3 rings (SSSR count). The number of nitrogens with one attached hydrogen (secondary N) is 1. The van der Waals surface area contributed by atoms with Gasteiger partial charge in [0.2, 0.25) is 13.3 Å². The zero-order valence-electron chi connectivity index (χ0n) is 15.8. The number of anilines is 1. The number of aromatic nitrogens is 3. The van der Waals surface area contributed by atoms with Crippen LogP contribution >= 0.6 is 7.37 Å². The smallest absolute Gasteiger partial charge is 0.341 e. The average Bonchev–Trinajstić information content (AvgIpc) is 3.30. The first kappa shape index (κ1) is 21.5. The lowest BCUT2D eigenvalue weighted by molar-refractivity contribution is -0.141. The molecule has 2 aromatic heterocycles. The van der Waals surface area contributed by atoms with Gasteiger partial charge < -0.3 is 14.8 Å². The molecule has 2 N–H and O–H groups in total. The number of amides is 1. The summed E-state index contributed by atoms with van der Waals surface area (Å²) in [5.41, 5.74) is -1.05. The molecule has 2 atom stereocenters. The van der Waals surface area contributed by atoms with E-state index in [1.807, 2.05) is 0 Å². The summed E-state index contributed by atoms with van der Waals surface area (Å²) in [5, 5.41) is 2.73. The molecule has 1 aliphatic carbocycles. The third-order valence-corrected chi connectivity index (χ3v) is 6.29. The second-order valence-corrected chi connectivity index (χ2v) is 9.65. The lowest BCUT2D eigenvalue weighted by Crippen LogP contribution is -2.27. The van der Waals surface area contributed by atoms with Crippen molar-refractivity contribution < 1.29 is 27.4 Å². The van der Waals surface area contributed by atoms with Crippen LogP contribution in [0.1, 0.15) is 43.8 Å². The van der Waals surface area contributed by atoms with E-state index in [-0.39, 0.29) is 17.0 Å². The molecule has 7 nitrogen and oxygen atoms in total. The highest BCUT2D eigenvalue weighted by molar-refractivity contribution is 7.65. The van der Waals surface area contributed by atoms with Gasteiger partial charge in [0, 0.05) is 19.1 Å². The van der Waals surface area contributed by atoms with E-state index >= 15 is 0 Å². The zero-order valence-corrected chi connectivity index (χ0v) is 16.7. The van der Waals surface area contributed by atoms with E-state index in [4.69, 9.17) is 0 Å². The number of alkyl halides is 3. The van der Waals surface area contributed by atoms with Gasteiger partial charge in [-0.1, -0.05) is 25.7 Å². The number of carbonyl (C=O) groups excluding carboxylic acids is 1. The molecule has 1 aliphatic rings. The molecule has 0 aliphatic heterocycles. The van der Waals surface area contributed by atoms with E-state index in [0.717, 1.165) is 38.2 Å². The summed E-state index contributed by atoms with van der Waals surface area (Å²) < 4.78 is 51.6. The van der Waals surface area contributed by atoms with Gasteiger partial charge in [-0.05, 0) is 24.5 Å². The number of hydrogen-bond acceptors (Lipinski definition) is 4. The largest absolute Gasteiger partial charge is 0.434 e. The predicted molar refractivity (Wildman–Crippen MR) is 101 cm³/mol. The maximum Gasteiger partial charge on any atom is 0.434 e. The predicted octanol–water partition coefficient (Wildman–Crippen LogP) is 3.58. The summed E-state index contributed by atoms with van der Waals surface area (Å²) in [6.07, 6.45) is 2.82. The number of halogens is 3. The molecule has 2 heterocycles. The molecule has 2 aromatic rings. The van der Waals surface area contributed by atoms with E-state index in [9.17, 15) is 27.4 Å². The van der Waals surface area contributed by atoms with Crippen molar-refractivity contribution in [3.8, 4) is 0 Å². The van der Waals surface area contributed by atoms with E-state index in [2.05, 4.69) is 15.3 Å². The van der Waals surface area contributed by atoms with Crippen LogP contribution in [0.5, 0.6) is 0 Å². The summed E-state index contributed by atoms with van der Waals surface area (Å²) in [5.74, 6) is -0.107. The van der Waals surface area contributed by atoms with Gasteiger partial charge >= 0.3 is 6.18 Å². The van der Waals surface area contributed by atoms with Gasteiger partial charge in [-0.3, -0.25) is 9.36 Å². The summed E-state index contributed by atoms with van der Waals surface area (Å²) >= 11 is 0. The monoisotopic (exact) mass is 430 g/mol. The summed E-state index contributed by atoms with van der Waals surface area (Å²) in [7, 11) is -3.47. The zero-order chi connectivity index (χ0) is 21.2. The van der Waals surface area contributed by atoms with Crippen LogP contribution in [0, 0.1) is 5.92 Å². The lowest BCUT2D eigenvalue weighted by Gasteiger charge is -2.21. The average molecular weight is 430 g/mol. The minimum absolute atomic E-state index is 0.141. The Kier molecular flexibility index (Phi) is 6.14. The van der Waals surface area contributed by atoms with Crippen molar-refractivity contribution in [3.05, 3.63) is 36.5 Å². The fraction of sp³-hybridized carbons (Fsp3) is 0.500. The van der Waals surface area contributed by atoms with Crippen molar-refractivity contribution in [2.45, 2.75) is 44.3 Å². The van der Waals surface area contributed by atoms with Crippen molar-refractivity contribution in [3.63, 3.8) is 0 Å². The van der Waals surface area contributed by atoms with Crippen LogP contribution in [-0.2, 0) is 15.5 Å². The fourth-order valence-electron chi connectivity index (χ4n) is 3.49. The molecule has 0 saturated heterocycles. The van der Waals surface area contributed by atoms with Crippen LogP contribution in [0.3, 0.4) is 0 Å². The van der Waals surface area contributed by atoms with Crippen LogP contribution in [0.25, 0.3) is 0 Å². The van der Waals surface area contributed by atoms with Crippen LogP contribution in [0.2, 0.25) is 0 Å². The minimum atomic E-state index is -4.59. The molecular weight excluding hydrogens is 408 g/mol. The van der Waals surface area contributed by atoms with Gasteiger partial charge in [-0.15, -0.1) is 0 Å². The number of hydrogen-bond donors (Lipinski definition) is 2. The third kappa shape index (κ3) is 5.45. The normalized spacial score (nSPS) is 18.4. The van der Waals surface area contributed by atoms with Crippen LogP contribution in [-0.4, -0.2) is 32.0 Å². The summed E-state index contributed by atoms with van der Waals surface area (Å²) in [4.78, 5) is 29.8. The fourth-order valence-corrected chi connectivity index (χ4v) is 4.12. The highest BCUT2D eigenvalue weighted by Gasteiger charge is 2.35. The Labute approximate surface area is 165 Å². The Morgan fingerprint density at radius 1 is 1.34 bits per heavy atom. The number of nitrogens with zero attached hydrogens (tertiary/aromatic N) is 3. The van der Waals surface area contributed by atoms with Crippen molar-refractivity contribution in [2.24, 2.45) is 5.92 Å². The molecule has 29 heavy (non-hydrogen) atoms. The first-order valence-corrected chi connectivity index (χ1v) is 11.3. The highest BCUT2D eigenvalue weighted by atomic mass is 31.2. The van der Waals surface area contributed by atoms with E-state index in [1.54, 1.807) is 0 Å². The summed E-state index contributed by atoms with van der Waals surface area (Å²) in [6, 6.07) is 1.91. The van der Waals surface area contributed by atoms with Crippen LogP contribution in [0.4, 0.5) is 19.0 Å². The first-order chi connectivity index (χ1) is 13.5. The molecule has 0 aromatic carbocycles.